The summed E-state index contributed by atoms with van der Waals surface area (Å²) in [5.41, 5.74) is -0.106. The van der Waals surface area contributed by atoms with E-state index in [1.54, 1.807) is 36.4 Å². The van der Waals surface area contributed by atoms with Crippen molar-refractivity contribution in [1.29, 1.82) is 0 Å². The molecule has 8 heteroatoms. The third kappa shape index (κ3) is 3.78. The lowest BCUT2D eigenvalue weighted by Gasteiger charge is -2.10. The SMILES string of the molecule is C#CCOc1cc(Br)c(C=Nn2c(=O)[nH]c3ccccc3c2=O)cc1OC. The van der Waals surface area contributed by atoms with Crippen molar-refractivity contribution in [1.82, 2.24) is 9.66 Å². The molecule has 1 aromatic heterocycles. The fourth-order valence-corrected chi connectivity index (χ4v) is 2.84. The maximum absolute atomic E-state index is 12.5. The van der Waals surface area contributed by atoms with Crippen LogP contribution < -0.4 is 20.7 Å². The van der Waals surface area contributed by atoms with Gasteiger partial charge in [-0.15, -0.1) is 11.1 Å². The van der Waals surface area contributed by atoms with Crippen molar-refractivity contribution in [2.24, 2.45) is 5.10 Å². The zero-order chi connectivity index (χ0) is 19.4. The number of ether oxygens (including phenoxy) is 2. The monoisotopic (exact) mass is 427 g/mol. The van der Waals surface area contributed by atoms with Crippen molar-refractivity contribution in [2.45, 2.75) is 0 Å². The number of hydrogen-bond acceptors (Lipinski definition) is 5. The summed E-state index contributed by atoms with van der Waals surface area (Å²) in [5, 5.41) is 4.40. The summed E-state index contributed by atoms with van der Waals surface area (Å²) in [5.74, 6) is 3.28. The van der Waals surface area contributed by atoms with Crippen LogP contribution in [0.1, 0.15) is 5.56 Å². The number of fused-ring (bicyclic) bond motifs is 1. The molecule has 0 aliphatic heterocycles. The van der Waals surface area contributed by atoms with Gasteiger partial charge in [-0.3, -0.25) is 4.79 Å². The van der Waals surface area contributed by atoms with Crippen LogP contribution in [0.4, 0.5) is 0 Å². The molecule has 7 nitrogen and oxygen atoms in total. The number of aromatic amines is 1. The van der Waals surface area contributed by atoms with Crippen LogP contribution in [0.25, 0.3) is 10.9 Å². The highest BCUT2D eigenvalue weighted by Crippen LogP contribution is 2.32. The minimum absolute atomic E-state index is 0.0953. The summed E-state index contributed by atoms with van der Waals surface area (Å²) in [4.78, 5) is 27.3. The minimum Gasteiger partial charge on any atom is -0.493 e. The summed E-state index contributed by atoms with van der Waals surface area (Å²) in [6, 6.07) is 10.0. The normalized spacial score (nSPS) is 10.9. The van der Waals surface area contributed by atoms with Gasteiger partial charge in [0, 0.05) is 10.0 Å². The van der Waals surface area contributed by atoms with Gasteiger partial charge in [0.05, 0.1) is 24.2 Å². The number of halogens is 1. The number of rotatable bonds is 5. The van der Waals surface area contributed by atoms with Crippen LogP contribution in [0, 0.1) is 12.3 Å². The van der Waals surface area contributed by atoms with Gasteiger partial charge in [0.2, 0.25) is 0 Å². The molecule has 2 aromatic carbocycles. The Hall–Kier alpha value is -3.31. The van der Waals surface area contributed by atoms with Crippen molar-refractivity contribution in [3.8, 4) is 23.8 Å². The molecule has 0 aliphatic carbocycles. The molecule has 0 amide bonds. The smallest absolute Gasteiger partial charge is 0.349 e. The van der Waals surface area contributed by atoms with E-state index in [4.69, 9.17) is 15.9 Å². The largest absolute Gasteiger partial charge is 0.493 e. The summed E-state index contributed by atoms with van der Waals surface area (Å²) in [6.07, 6.45) is 6.58. The fourth-order valence-electron chi connectivity index (χ4n) is 2.42. The molecule has 0 radical (unpaired) electrons. The number of nitrogens with one attached hydrogen (secondary N) is 1. The maximum atomic E-state index is 12.5. The number of para-hydroxylation sites is 1. The fraction of sp³-hybridized carbons (Fsp3) is 0.105. The van der Waals surface area contributed by atoms with Crippen LogP contribution in [0.15, 0.2) is 55.6 Å². The second kappa shape index (κ2) is 7.93. The van der Waals surface area contributed by atoms with E-state index in [1.165, 1.54) is 13.3 Å². The molecule has 1 heterocycles. The lowest BCUT2D eigenvalue weighted by Crippen LogP contribution is -2.32. The first-order chi connectivity index (χ1) is 13.0. The van der Waals surface area contributed by atoms with Crippen molar-refractivity contribution in [3.05, 3.63) is 67.3 Å². The van der Waals surface area contributed by atoms with Crippen LogP contribution in [0.2, 0.25) is 0 Å². The number of terminal acetylenes is 1. The van der Waals surface area contributed by atoms with Crippen LogP contribution >= 0.6 is 15.9 Å². The number of H-pyrrole nitrogens is 1. The van der Waals surface area contributed by atoms with E-state index < -0.39 is 11.2 Å². The van der Waals surface area contributed by atoms with E-state index in [9.17, 15) is 9.59 Å². The van der Waals surface area contributed by atoms with Crippen LogP contribution in [0.3, 0.4) is 0 Å². The van der Waals surface area contributed by atoms with E-state index in [0.29, 0.717) is 32.4 Å². The highest BCUT2D eigenvalue weighted by Gasteiger charge is 2.10. The molecule has 0 fully saturated rings. The van der Waals surface area contributed by atoms with Gasteiger partial charge < -0.3 is 14.5 Å². The molecule has 0 saturated carbocycles. The Morgan fingerprint density at radius 2 is 2.07 bits per heavy atom. The number of nitrogens with zero attached hydrogens (tertiary/aromatic N) is 2. The van der Waals surface area contributed by atoms with Gasteiger partial charge in [-0.05, 0) is 40.2 Å². The highest BCUT2D eigenvalue weighted by atomic mass is 79.9. The van der Waals surface area contributed by atoms with E-state index >= 15 is 0 Å². The minimum atomic E-state index is -0.632. The lowest BCUT2D eigenvalue weighted by molar-refractivity contribution is 0.330. The molecule has 0 aliphatic rings. The second-order valence-corrected chi connectivity index (χ2v) is 6.21. The number of benzene rings is 2. The third-order valence-corrected chi connectivity index (χ3v) is 4.38. The highest BCUT2D eigenvalue weighted by molar-refractivity contribution is 9.10. The van der Waals surface area contributed by atoms with E-state index in [0.717, 1.165) is 4.68 Å². The summed E-state index contributed by atoms with van der Waals surface area (Å²) < 4.78 is 12.1. The predicted octanol–water partition coefficient (Wildman–Crippen LogP) is 2.36. The third-order valence-electron chi connectivity index (χ3n) is 3.69. The Morgan fingerprint density at radius 1 is 1.30 bits per heavy atom. The van der Waals surface area contributed by atoms with Crippen molar-refractivity contribution in [3.63, 3.8) is 0 Å². The standard InChI is InChI=1S/C19H14BrN3O4/c1-3-8-27-17-10-14(20)12(9-16(17)26-2)11-21-23-18(24)13-6-4-5-7-15(13)22-19(23)25/h1,4-7,9-11H,8H2,2H3,(H,22,25). The first-order valence-corrected chi connectivity index (χ1v) is 8.56. The molecular weight excluding hydrogens is 414 g/mol. The molecule has 0 bridgehead atoms. The lowest BCUT2D eigenvalue weighted by atomic mass is 10.2. The van der Waals surface area contributed by atoms with Gasteiger partial charge in [-0.1, -0.05) is 18.1 Å². The quantitative estimate of drug-likeness (QED) is 0.500. The Labute approximate surface area is 162 Å². The molecule has 0 atom stereocenters. The molecule has 27 heavy (non-hydrogen) atoms. The molecule has 0 saturated heterocycles. The van der Waals surface area contributed by atoms with E-state index in [1.807, 2.05) is 0 Å². The number of aromatic nitrogens is 2. The number of methoxy groups -OCH3 is 1. The van der Waals surface area contributed by atoms with Crippen molar-refractivity contribution < 1.29 is 9.47 Å². The first kappa shape index (κ1) is 18.5. The zero-order valence-corrected chi connectivity index (χ0v) is 15.8. The van der Waals surface area contributed by atoms with Gasteiger partial charge in [0.15, 0.2) is 11.5 Å². The first-order valence-electron chi connectivity index (χ1n) is 7.77. The Morgan fingerprint density at radius 3 is 2.81 bits per heavy atom. The Kier molecular flexibility index (Phi) is 5.43. The Balaban J connectivity index is 2.04. The molecule has 0 spiro atoms. The van der Waals surface area contributed by atoms with Crippen LogP contribution in [-0.2, 0) is 0 Å². The topological polar surface area (TPSA) is 85.7 Å². The van der Waals surface area contributed by atoms with Crippen molar-refractivity contribution >= 4 is 33.0 Å². The van der Waals surface area contributed by atoms with Gasteiger partial charge in [0.1, 0.15) is 6.61 Å². The predicted molar refractivity (Wildman–Crippen MR) is 107 cm³/mol. The zero-order valence-electron chi connectivity index (χ0n) is 14.2. The van der Waals surface area contributed by atoms with Crippen LogP contribution in [0.5, 0.6) is 11.5 Å². The molecule has 3 aromatic rings. The van der Waals surface area contributed by atoms with Gasteiger partial charge in [0.25, 0.3) is 5.56 Å². The Bertz CT molecular complexity index is 1190. The average molecular weight is 428 g/mol. The molecule has 3 rings (SSSR count). The maximum Gasteiger partial charge on any atom is 0.349 e. The van der Waals surface area contributed by atoms with Gasteiger partial charge in [-0.25, -0.2) is 4.79 Å². The van der Waals surface area contributed by atoms with E-state index in [-0.39, 0.29) is 6.61 Å². The molecule has 136 valence electrons. The summed E-state index contributed by atoms with van der Waals surface area (Å²) in [6.45, 7) is 0.0953. The van der Waals surface area contributed by atoms with Crippen LogP contribution in [-0.4, -0.2) is 29.6 Å². The molecular formula is C19H14BrN3O4. The summed E-state index contributed by atoms with van der Waals surface area (Å²) in [7, 11) is 1.49. The van der Waals surface area contributed by atoms with E-state index in [2.05, 4.69) is 31.9 Å². The molecule has 1 N–H and O–H groups in total. The van der Waals surface area contributed by atoms with Crippen molar-refractivity contribution in [2.75, 3.05) is 13.7 Å². The van der Waals surface area contributed by atoms with Gasteiger partial charge in [-0.2, -0.15) is 5.10 Å². The number of hydrogen-bond donors (Lipinski definition) is 1. The summed E-state index contributed by atoms with van der Waals surface area (Å²) >= 11 is 3.40. The van der Waals surface area contributed by atoms with Gasteiger partial charge >= 0.3 is 5.69 Å². The second-order valence-electron chi connectivity index (χ2n) is 5.35. The average Bonchev–Trinajstić information content (AvgIpc) is 2.67. The molecule has 0 unspecified atom stereocenters.